The first-order valence-corrected chi connectivity index (χ1v) is 9.96. The molecule has 2 fully saturated rings. The summed E-state index contributed by atoms with van der Waals surface area (Å²) < 4.78 is 12.8. The van der Waals surface area contributed by atoms with Gasteiger partial charge in [0.25, 0.3) is 0 Å². The first-order valence-electron chi connectivity index (χ1n) is 9.96. The van der Waals surface area contributed by atoms with E-state index in [9.17, 15) is 4.79 Å². The fourth-order valence-electron chi connectivity index (χ4n) is 4.30. The van der Waals surface area contributed by atoms with Crippen molar-refractivity contribution >= 4 is 16.9 Å². The van der Waals surface area contributed by atoms with Crippen molar-refractivity contribution in [1.29, 1.82) is 0 Å². The molecule has 0 saturated carbocycles. The third kappa shape index (κ3) is 3.56. The van der Waals surface area contributed by atoms with Crippen LogP contribution in [0.3, 0.4) is 0 Å². The molecule has 0 unspecified atom stereocenters. The maximum absolute atomic E-state index is 13.2. The average Bonchev–Trinajstić information content (AvgIpc) is 3.33. The van der Waals surface area contributed by atoms with E-state index >= 15 is 0 Å². The van der Waals surface area contributed by atoms with Crippen LogP contribution in [-0.2, 0) is 11.2 Å². The molecule has 2 saturated heterocycles. The predicted octanol–water partition coefficient (Wildman–Crippen LogP) is 2.90. The Kier molecular flexibility index (Phi) is 5.36. The number of methoxy groups -OCH3 is 1. The van der Waals surface area contributed by atoms with E-state index in [0.29, 0.717) is 0 Å². The molecule has 0 aliphatic carbocycles. The van der Waals surface area contributed by atoms with Crippen molar-refractivity contribution in [2.75, 3.05) is 53.0 Å². The number of fused-ring (bicyclic) bond motifs is 1. The summed E-state index contributed by atoms with van der Waals surface area (Å²) in [5.41, 5.74) is 3.30. The Morgan fingerprint density at radius 3 is 2.59 bits per heavy atom. The van der Waals surface area contributed by atoms with Crippen LogP contribution in [0.1, 0.15) is 24.1 Å². The molecule has 6 nitrogen and oxygen atoms in total. The predicted molar refractivity (Wildman–Crippen MR) is 106 cm³/mol. The Morgan fingerprint density at radius 1 is 1.15 bits per heavy atom. The van der Waals surface area contributed by atoms with Gasteiger partial charge in [0.1, 0.15) is 5.75 Å². The number of aromatic nitrogens is 1. The van der Waals surface area contributed by atoms with E-state index < -0.39 is 0 Å². The van der Waals surface area contributed by atoms with Gasteiger partial charge >= 0.3 is 6.03 Å². The van der Waals surface area contributed by atoms with E-state index in [1.165, 1.54) is 5.56 Å². The van der Waals surface area contributed by atoms with Crippen LogP contribution < -0.4 is 4.74 Å². The van der Waals surface area contributed by atoms with Crippen LogP contribution in [0.2, 0.25) is 0 Å². The molecule has 3 heterocycles. The summed E-state index contributed by atoms with van der Waals surface area (Å²) in [6, 6.07) is 6.15. The monoisotopic (exact) mass is 371 g/mol. The summed E-state index contributed by atoms with van der Waals surface area (Å²) in [4.78, 5) is 17.6. The third-order valence-corrected chi connectivity index (χ3v) is 5.89. The highest BCUT2D eigenvalue weighted by Gasteiger charge is 2.25. The number of likely N-dealkylation sites (tertiary alicyclic amines) is 1. The largest absolute Gasteiger partial charge is 0.497 e. The quantitative estimate of drug-likeness (QED) is 0.829. The van der Waals surface area contributed by atoms with Crippen LogP contribution in [0, 0.1) is 6.92 Å². The lowest BCUT2D eigenvalue weighted by Gasteiger charge is -2.26. The molecule has 6 heteroatoms. The van der Waals surface area contributed by atoms with Gasteiger partial charge in [0.15, 0.2) is 0 Å². The Hall–Kier alpha value is -2.05. The summed E-state index contributed by atoms with van der Waals surface area (Å²) in [6.45, 7) is 8.35. The SMILES string of the molecule is COc1ccc2c(c1)c(CCN1CCOCC1)c(C)n2C(=O)N1CCCC1. The van der Waals surface area contributed by atoms with Crippen LogP contribution in [-0.4, -0.2) is 73.4 Å². The maximum Gasteiger partial charge on any atom is 0.328 e. The lowest BCUT2D eigenvalue weighted by molar-refractivity contribution is 0.0384. The van der Waals surface area contributed by atoms with E-state index in [1.807, 2.05) is 21.6 Å². The van der Waals surface area contributed by atoms with Gasteiger partial charge in [-0.05, 0) is 49.9 Å². The van der Waals surface area contributed by atoms with Gasteiger partial charge < -0.3 is 14.4 Å². The molecule has 146 valence electrons. The van der Waals surface area contributed by atoms with Gasteiger partial charge in [0.05, 0.1) is 25.8 Å². The van der Waals surface area contributed by atoms with Crippen LogP contribution in [0.15, 0.2) is 18.2 Å². The first kappa shape index (κ1) is 18.3. The Balaban J connectivity index is 1.69. The third-order valence-electron chi connectivity index (χ3n) is 5.89. The Bertz CT molecular complexity index is 818. The fraction of sp³-hybridized carbons (Fsp3) is 0.571. The van der Waals surface area contributed by atoms with Crippen molar-refractivity contribution < 1.29 is 14.3 Å². The standard InChI is InChI=1S/C21H29N3O3/c1-16-18(7-10-22-11-13-27-14-12-22)19-15-17(26-2)5-6-20(19)24(16)21(25)23-8-3-4-9-23/h5-6,15H,3-4,7-14H2,1-2H3. The number of morpholine rings is 1. The Labute approximate surface area is 160 Å². The van der Waals surface area contributed by atoms with E-state index in [0.717, 1.165) is 87.5 Å². The summed E-state index contributed by atoms with van der Waals surface area (Å²) in [5.74, 6) is 0.834. The fourth-order valence-corrected chi connectivity index (χ4v) is 4.30. The summed E-state index contributed by atoms with van der Waals surface area (Å²) in [6.07, 6.45) is 3.12. The van der Waals surface area contributed by atoms with Gasteiger partial charge in [-0.15, -0.1) is 0 Å². The van der Waals surface area contributed by atoms with Gasteiger partial charge in [-0.3, -0.25) is 9.47 Å². The first-order chi connectivity index (χ1) is 13.2. The second kappa shape index (κ2) is 7.90. The number of amides is 1. The number of hydrogen-bond donors (Lipinski definition) is 0. The maximum atomic E-state index is 13.2. The lowest BCUT2D eigenvalue weighted by atomic mass is 10.1. The number of hydrogen-bond acceptors (Lipinski definition) is 4. The summed E-state index contributed by atoms with van der Waals surface area (Å²) in [7, 11) is 1.69. The van der Waals surface area contributed by atoms with Gasteiger partial charge in [-0.2, -0.15) is 0 Å². The van der Waals surface area contributed by atoms with E-state index in [4.69, 9.17) is 9.47 Å². The molecule has 0 N–H and O–H groups in total. The normalized spacial score (nSPS) is 18.4. The molecule has 2 aromatic rings. The number of carbonyl (C=O) groups is 1. The number of ether oxygens (including phenoxy) is 2. The minimum absolute atomic E-state index is 0.109. The minimum atomic E-state index is 0.109. The highest BCUT2D eigenvalue weighted by Crippen LogP contribution is 2.31. The van der Waals surface area contributed by atoms with E-state index in [1.54, 1.807) is 7.11 Å². The molecular formula is C21H29N3O3. The second-order valence-electron chi connectivity index (χ2n) is 7.46. The molecule has 2 aliphatic rings. The average molecular weight is 371 g/mol. The molecule has 1 aromatic heterocycles. The molecule has 1 aromatic carbocycles. The molecule has 0 bridgehead atoms. The molecule has 0 atom stereocenters. The topological polar surface area (TPSA) is 46.9 Å². The van der Waals surface area contributed by atoms with Crippen molar-refractivity contribution in [3.63, 3.8) is 0 Å². The van der Waals surface area contributed by atoms with Crippen molar-refractivity contribution in [2.45, 2.75) is 26.2 Å². The van der Waals surface area contributed by atoms with E-state index in [-0.39, 0.29) is 6.03 Å². The van der Waals surface area contributed by atoms with E-state index in [2.05, 4.69) is 17.9 Å². The van der Waals surface area contributed by atoms with Crippen molar-refractivity contribution in [1.82, 2.24) is 14.4 Å². The van der Waals surface area contributed by atoms with Gasteiger partial charge in [0.2, 0.25) is 0 Å². The number of carbonyl (C=O) groups excluding carboxylic acids is 1. The van der Waals surface area contributed by atoms with Crippen LogP contribution in [0.5, 0.6) is 5.75 Å². The zero-order valence-corrected chi connectivity index (χ0v) is 16.4. The second-order valence-corrected chi connectivity index (χ2v) is 7.46. The minimum Gasteiger partial charge on any atom is -0.497 e. The Morgan fingerprint density at radius 2 is 1.89 bits per heavy atom. The molecule has 1 amide bonds. The van der Waals surface area contributed by atoms with Crippen LogP contribution in [0.25, 0.3) is 10.9 Å². The highest BCUT2D eigenvalue weighted by atomic mass is 16.5. The molecule has 4 rings (SSSR count). The molecule has 2 aliphatic heterocycles. The summed E-state index contributed by atoms with van der Waals surface area (Å²) in [5, 5.41) is 1.13. The number of benzene rings is 1. The lowest BCUT2D eigenvalue weighted by Crippen LogP contribution is -2.37. The van der Waals surface area contributed by atoms with Crippen molar-refractivity contribution in [3.05, 3.63) is 29.5 Å². The number of nitrogens with zero attached hydrogens (tertiary/aromatic N) is 3. The molecular weight excluding hydrogens is 342 g/mol. The van der Waals surface area contributed by atoms with Crippen LogP contribution in [0.4, 0.5) is 4.79 Å². The summed E-state index contributed by atoms with van der Waals surface area (Å²) >= 11 is 0. The van der Waals surface area contributed by atoms with Gasteiger partial charge in [0, 0.05) is 43.8 Å². The zero-order chi connectivity index (χ0) is 18.8. The molecule has 0 radical (unpaired) electrons. The molecule has 27 heavy (non-hydrogen) atoms. The zero-order valence-electron chi connectivity index (χ0n) is 16.4. The van der Waals surface area contributed by atoms with Gasteiger partial charge in [-0.1, -0.05) is 0 Å². The molecule has 0 spiro atoms. The number of rotatable bonds is 4. The van der Waals surface area contributed by atoms with Gasteiger partial charge in [-0.25, -0.2) is 4.79 Å². The van der Waals surface area contributed by atoms with Crippen molar-refractivity contribution in [3.8, 4) is 5.75 Å². The highest BCUT2D eigenvalue weighted by molar-refractivity contribution is 5.96. The van der Waals surface area contributed by atoms with Crippen LogP contribution >= 0.6 is 0 Å². The van der Waals surface area contributed by atoms with Crippen molar-refractivity contribution in [2.24, 2.45) is 0 Å². The smallest absolute Gasteiger partial charge is 0.328 e.